The van der Waals surface area contributed by atoms with Crippen LogP contribution in [0.25, 0.3) is 0 Å². The maximum atomic E-state index is 12.9. The Balaban J connectivity index is 1.86. The molecule has 1 saturated carbocycles. The number of hydrogen-bond donors (Lipinski definition) is 1. The molecule has 0 bridgehead atoms. The Kier molecular flexibility index (Phi) is 3.66. The van der Waals surface area contributed by atoms with Crippen LogP contribution in [0.5, 0.6) is 0 Å². The average Bonchev–Trinajstić information content (AvgIpc) is 2.27. The first-order valence-corrected chi connectivity index (χ1v) is 6.09. The highest BCUT2D eigenvalue weighted by atomic mass is 35.5. The zero-order valence-electron chi connectivity index (χ0n) is 9.47. The SMILES string of the molecule is N#CC1(CNCc2ccc(F)c(Cl)c2)CCC1. The van der Waals surface area contributed by atoms with Crippen LogP contribution >= 0.6 is 11.6 Å². The quantitative estimate of drug-likeness (QED) is 0.893. The second kappa shape index (κ2) is 5.03. The van der Waals surface area contributed by atoms with Crippen molar-refractivity contribution >= 4 is 11.6 Å². The van der Waals surface area contributed by atoms with E-state index in [2.05, 4.69) is 11.4 Å². The lowest BCUT2D eigenvalue weighted by Gasteiger charge is -2.35. The minimum atomic E-state index is -0.400. The molecule has 0 aliphatic heterocycles. The van der Waals surface area contributed by atoms with Gasteiger partial charge in [0, 0.05) is 13.1 Å². The molecular weight excluding hydrogens is 239 g/mol. The molecule has 0 amide bonds. The molecule has 1 aliphatic rings. The van der Waals surface area contributed by atoms with Gasteiger partial charge in [-0.05, 0) is 30.5 Å². The molecule has 0 saturated heterocycles. The van der Waals surface area contributed by atoms with Gasteiger partial charge in [-0.15, -0.1) is 0 Å². The summed E-state index contributed by atoms with van der Waals surface area (Å²) in [4.78, 5) is 0. The standard InChI is InChI=1S/C13H14ClFN2/c14-11-6-10(2-3-12(11)15)7-17-9-13(8-16)4-1-5-13/h2-3,6,17H,1,4-5,7,9H2. The molecule has 2 nitrogen and oxygen atoms in total. The van der Waals surface area contributed by atoms with Crippen LogP contribution < -0.4 is 5.32 Å². The van der Waals surface area contributed by atoms with Crippen molar-refractivity contribution in [1.29, 1.82) is 5.26 Å². The summed E-state index contributed by atoms with van der Waals surface area (Å²) in [7, 11) is 0. The summed E-state index contributed by atoms with van der Waals surface area (Å²) >= 11 is 5.69. The molecule has 1 aromatic rings. The fraction of sp³-hybridized carbons (Fsp3) is 0.462. The fourth-order valence-corrected chi connectivity index (χ4v) is 2.23. The van der Waals surface area contributed by atoms with Gasteiger partial charge in [0.25, 0.3) is 0 Å². The van der Waals surface area contributed by atoms with Crippen molar-refractivity contribution in [2.24, 2.45) is 5.41 Å². The summed E-state index contributed by atoms with van der Waals surface area (Å²) in [5.41, 5.74) is 0.757. The molecule has 0 atom stereocenters. The minimum absolute atomic E-state index is 0.142. The third kappa shape index (κ3) is 2.77. The molecule has 0 aromatic heterocycles. The van der Waals surface area contributed by atoms with Crippen molar-refractivity contribution in [3.8, 4) is 6.07 Å². The van der Waals surface area contributed by atoms with Crippen molar-refractivity contribution in [1.82, 2.24) is 5.32 Å². The van der Waals surface area contributed by atoms with Crippen LogP contribution in [0.4, 0.5) is 4.39 Å². The molecule has 90 valence electrons. The van der Waals surface area contributed by atoms with Crippen molar-refractivity contribution < 1.29 is 4.39 Å². The van der Waals surface area contributed by atoms with E-state index in [1.165, 1.54) is 6.07 Å². The summed E-state index contributed by atoms with van der Waals surface area (Å²) in [6.45, 7) is 1.31. The molecule has 1 aliphatic carbocycles. The summed E-state index contributed by atoms with van der Waals surface area (Å²) in [5, 5.41) is 12.4. The van der Waals surface area contributed by atoms with E-state index in [9.17, 15) is 4.39 Å². The lowest BCUT2D eigenvalue weighted by Crippen LogP contribution is -2.38. The number of hydrogen-bond acceptors (Lipinski definition) is 2. The number of nitriles is 1. The zero-order chi connectivity index (χ0) is 12.3. The Bertz CT molecular complexity index is 449. The van der Waals surface area contributed by atoms with Gasteiger partial charge in [0.15, 0.2) is 0 Å². The fourth-order valence-electron chi connectivity index (χ4n) is 2.03. The van der Waals surface area contributed by atoms with Gasteiger partial charge in [0.05, 0.1) is 16.5 Å². The van der Waals surface area contributed by atoms with Crippen molar-refractivity contribution in [2.45, 2.75) is 25.8 Å². The Labute approximate surface area is 105 Å². The highest BCUT2D eigenvalue weighted by Crippen LogP contribution is 2.39. The summed E-state index contributed by atoms with van der Waals surface area (Å²) in [6, 6.07) is 7.05. The van der Waals surface area contributed by atoms with E-state index >= 15 is 0 Å². The lowest BCUT2D eigenvalue weighted by atomic mass is 9.70. The Hall–Kier alpha value is -1.11. The average molecular weight is 253 g/mol. The molecule has 1 fully saturated rings. The third-order valence-corrected chi connectivity index (χ3v) is 3.61. The summed E-state index contributed by atoms with van der Waals surface area (Å²) in [5.74, 6) is -0.400. The van der Waals surface area contributed by atoms with E-state index in [1.54, 1.807) is 12.1 Å². The van der Waals surface area contributed by atoms with Gasteiger partial charge < -0.3 is 5.32 Å². The number of halogens is 2. The molecule has 1 N–H and O–H groups in total. The number of nitrogens with one attached hydrogen (secondary N) is 1. The highest BCUT2D eigenvalue weighted by molar-refractivity contribution is 6.30. The molecule has 17 heavy (non-hydrogen) atoms. The molecule has 0 spiro atoms. The van der Waals surface area contributed by atoms with E-state index in [-0.39, 0.29) is 10.4 Å². The van der Waals surface area contributed by atoms with Crippen molar-refractivity contribution in [3.63, 3.8) is 0 Å². The Morgan fingerprint density at radius 2 is 2.24 bits per heavy atom. The molecule has 0 radical (unpaired) electrons. The molecule has 4 heteroatoms. The molecular formula is C13H14ClFN2. The second-order valence-corrected chi connectivity index (χ2v) is 5.00. The van der Waals surface area contributed by atoms with Gasteiger partial charge in [-0.3, -0.25) is 0 Å². The number of rotatable bonds is 4. The van der Waals surface area contributed by atoms with Gasteiger partial charge in [-0.2, -0.15) is 5.26 Å². The van der Waals surface area contributed by atoms with E-state index < -0.39 is 5.82 Å². The zero-order valence-corrected chi connectivity index (χ0v) is 10.2. The first-order valence-electron chi connectivity index (χ1n) is 5.71. The Morgan fingerprint density at radius 1 is 1.47 bits per heavy atom. The minimum Gasteiger partial charge on any atom is -0.311 e. The largest absolute Gasteiger partial charge is 0.311 e. The molecule has 1 aromatic carbocycles. The van der Waals surface area contributed by atoms with Gasteiger partial charge in [0.2, 0.25) is 0 Å². The van der Waals surface area contributed by atoms with Crippen LogP contribution in [0.1, 0.15) is 24.8 Å². The molecule has 0 unspecified atom stereocenters. The second-order valence-electron chi connectivity index (χ2n) is 4.60. The van der Waals surface area contributed by atoms with E-state index in [1.807, 2.05) is 0 Å². The maximum absolute atomic E-state index is 12.9. The van der Waals surface area contributed by atoms with Crippen LogP contribution in [-0.2, 0) is 6.54 Å². The maximum Gasteiger partial charge on any atom is 0.141 e. The normalized spacial score (nSPS) is 17.2. The molecule has 0 heterocycles. The van der Waals surface area contributed by atoms with E-state index in [0.29, 0.717) is 13.1 Å². The monoisotopic (exact) mass is 252 g/mol. The van der Waals surface area contributed by atoms with E-state index in [4.69, 9.17) is 16.9 Å². The highest BCUT2D eigenvalue weighted by Gasteiger charge is 2.36. The van der Waals surface area contributed by atoms with Crippen LogP contribution in [0, 0.1) is 22.6 Å². The smallest absolute Gasteiger partial charge is 0.141 e. The number of benzene rings is 1. The topological polar surface area (TPSA) is 35.8 Å². The number of nitrogens with zero attached hydrogens (tertiary/aromatic N) is 1. The predicted octanol–water partition coefficient (Wildman–Crippen LogP) is 3.26. The van der Waals surface area contributed by atoms with Crippen LogP contribution in [0.2, 0.25) is 5.02 Å². The van der Waals surface area contributed by atoms with Crippen LogP contribution in [-0.4, -0.2) is 6.54 Å². The summed E-state index contributed by atoms with van der Waals surface area (Å²) < 4.78 is 12.9. The Morgan fingerprint density at radius 3 is 2.76 bits per heavy atom. The van der Waals surface area contributed by atoms with Crippen molar-refractivity contribution in [2.75, 3.05) is 6.54 Å². The van der Waals surface area contributed by atoms with Gasteiger partial charge in [-0.25, -0.2) is 4.39 Å². The first kappa shape index (κ1) is 12.3. The summed E-state index contributed by atoms with van der Waals surface area (Å²) in [6.07, 6.45) is 3.08. The van der Waals surface area contributed by atoms with E-state index in [0.717, 1.165) is 24.8 Å². The first-order chi connectivity index (χ1) is 8.15. The van der Waals surface area contributed by atoms with Gasteiger partial charge >= 0.3 is 0 Å². The lowest BCUT2D eigenvalue weighted by molar-refractivity contribution is 0.206. The van der Waals surface area contributed by atoms with Crippen LogP contribution in [0.15, 0.2) is 18.2 Å². The van der Waals surface area contributed by atoms with Crippen LogP contribution in [0.3, 0.4) is 0 Å². The van der Waals surface area contributed by atoms with Crippen molar-refractivity contribution in [3.05, 3.63) is 34.6 Å². The van der Waals surface area contributed by atoms with Gasteiger partial charge in [0.1, 0.15) is 5.82 Å². The molecule has 2 rings (SSSR count). The third-order valence-electron chi connectivity index (χ3n) is 3.32. The van der Waals surface area contributed by atoms with Gasteiger partial charge in [-0.1, -0.05) is 24.1 Å². The predicted molar refractivity (Wildman–Crippen MR) is 65.0 cm³/mol.